The van der Waals surface area contributed by atoms with Crippen LogP contribution in [0, 0.1) is 0 Å². The average Bonchev–Trinajstić information content (AvgIpc) is 2.88. The molecule has 4 heteroatoms. The minimum Gasteiger partial charge on any atom is -0.497 e. The van der Waals surface area contributed by atoms with Crippen LogP contribution < -0.4 is 9.47 Å². The van der Waals surface area contributed by atoms with Crippen molar-refractivity contribution in [1.82, 2.24) is 0 Å². The third kappa shape index (κ3) is 3.41. The Bertz CT molecular complexity index is 837. The summed E-state index contributed by atoms with van der Waals surface area (Å²) in [5, 5.41) is 0. The highest BCUT2D eigenvalue weighted by molar-refractivity contribution is 5.99. The number of hydrogen-bond acceptors (Lipinski definition) is 3. The molecule has 0 amide bonds. The second-order valence-corrected chi connectivity index (χ2v) is 7.54. The Kier molecular flexibility index (Phi) is 4.94. The van der Waals surface area contributed by atoms with E-state index in [2.05, 4.69) is 37.6 Å². The molecule has 0 atom stereocenters. The predicted octanol–water partition coefficient (Wildman–Crippen LogP) is 4.35. The highest BCUT2D eigenvalue weighted by atomic mass is 16.5. The molecule has 0 aliphatic carbocycles. The standard InChI is InChI=1S/C22H28NO3/c1-15(2)26-20-10-8-7-9-18(20)17-12-11-16(24-6)13-19(17)21-23(5)22(3,4)14-25-21/h7-13,15H,14H2,1-6H3/q+1. The summed E-state index contributed by atoms with van der Waals surface area (Å²) in [7, 11) is 3.75. The van der Waals surface area contributed by atoms with E-state index in [4.69, 9.17) is 14.2 Å². The molecule has 0 aromatic heterocycles. The molecule has 138 valence electrons. The smallest absolute Gasteiger partial charge is 0.371 e. The predicted molar refractivity (Wildman–Crippen MR) is 105 cm³/mol. The van der Waals surface area contributed by atoms with Gasteiger partial charge in [0.05, 0.1) is 18.8 Å². The van der Waals surface area contributed by atoms with E-state index in [1.54, 1.807) is 7.11 Å². The average molecular weight is 354 g/mol. The summed E-state index contributed by atoms with van der Waals surface area (Å²) >= 11 is 0. The van der Waals surface area contributed by atoms with Crippen LogP contribution in [0.25, 0.3) is 11.1 Å². The Morgan fingerprint density at radius 2 is 1.77 bits per heavy atom. The van der Waals surface area contributed by atoms with E-state index < -0.39 is 0 Å². The summed E-state index contributed by atoms with van der Waals surface area (Å²) in [6.45, 7) is 9.08. The summed E-state index contributed by atoms with van der Waals surface area (Å²) in [6.07, 6.45) is 0.106. The van der Waals surface area contributed by atoms with E-state index in [9.17, 15) is 0 Å². The molecule has 2 aromatic rings. The van der Waals surface area contributed by atoms with Crippen LogP contribution in [-0.4, -0.2) is 42.9 Å². The van der Waals surface area contributed by atoms with E-state index in [0.717, 1.165) is 34.1 Å². The minimum atomic E-state index is -0.0520. The molecule has 0 saturated heterocycles. The highest BCUT2D eigenvalue weighted by Gasteiger charge is 2.41. The van der Waals surface area contributed by atoms with E-state index in [0.29, 0.717) is 6.61 Å². The number of hydrogen-bond donors (Lipinski definition) is 0. The molecule has 0 unspecified atom stereocenters. The van der Waals surface area contributed by atoms with Gasteiger partial charge >= 0.3 is 5.90 Å². The van der Waals surface area contributed by atoms with Gasteiger partial charge in [0.15, 0.2) is 12.1 Å². The highest BCUT2D eigenvalue weighted by Crippen LogP contribution is 2.36. The summed E-state index contributed by atoms with van der Waals surface area (Å²) in [5.41, 5.74) is 3.08. The van der Waals surface area contributed by atoms with Crippen molar-refractivity contribution >= 4 is 5.90 Å². The van der Waals surface area contributed by atoms with Gasteiger partial charge in [0.2, 0.25) is 0 Å². The van der Waals surface area contributed by atoms with Crippen LogP contribution in [0.5, 0.6) is 11.5 Å². The molecule has 4 nitrogen and oxygen atoms in total. The number of likely N-dealkylation sites (N-methyl/N-ethyl adjacent to an activating group) is 1. The van der Waals surface area contributed by atoms with E-state index in [1.807, 2.05) is 44.2 Å². The van der Waals surface area contributed by atoms with Crippen LogP contribution in [-0.2, 0) is 4.74 Å². The minimum absolute atomic E-state index is 0.0520. The summed E-state index contributed by atoms with van der Waals surface area (Å²) in [6, 6.07) is 14.2. The van der Waals surface area contributed by atoms with Crippen LogP contribution in [0.15, 0.2) is 42.5 Å². The Morgan fingerprint density at radius 3 is 2.38 bits per heavy atom. The largest absolute Gasteiger partial charge is 0.497 e. The number of para-hydroxylation sites is 1. The first kappa shape index (κ1) is 18.3. The van der Waals surface area contributed by atoms with Gasteiger partial charge < -0.3 is 14.2 Å². The van der Waals surface area contributed by atoms with Gasteiger partial charge in [0, 0.05) is 25.0 Å². The molecule has 0 radical (unpaired) electrons. The van der Waals surface area contributed by atoms with Gasteiger partial charge in [-0.1, -0.05) is 18.2 Å². The molecule has 0 spiro atoms. The fraction of sp³-hybridized carbons (Fsp3) is 0.409. The van der Waals surface area contributed by atoms with Gasteiger partial charge in [0.25, 0.3) is 0 Å². The first-order chi connectivity index (χ1) is 12.3. The number of rotatable bonds is 5. The monoisotopic (exact) mass is 354 g/mol. The molecular weight excluding hydrogens is 326 g/mol. The van der Waals surface area contributed by atoms with Crippen molar-refractivity contribution in [3.8, 4) is 22.6 Å². The van der Waals surface area contributed by atoms with Crippen molar-refractivity contribution in [1.29, 1.82) is 0 Å². The molecule has 26 heavy (non-hydrogen) atoms. The van der Waals surface area contributed by atoms with Crippen molar-refractivity contribution in [2.24, 2.45) is 0 Å². The molecule has 1 heterocycles. The number of methoxy groups -OCH3 is 1. The lowest BCUT2D eigenvalue weighted by Crippen LogP contribution is -2.33. The number of nitrogens with zero attached hydrogens (tertiary/aromatic N) is 1. The third-order valence-electron chi connectivity index (χ3n) is 4.77. The van der Waals surface area contributed by atoms with Crippen molar-refractivity contribution in [3.63, 3.8) is 0 Å². The van der Waals surface area contributed by atoms with Crippen molar-refractivity contribution in [2.75, 3.05) is 20.8 Å². The van der Waals surface area contributed by atoms with Crippen LogP contribution in [0.4, 0.5) is 0 Å². The van der Waals surface area contributed by atoms with Gasteiger partial charge in [-0.15, -0.1) is 0 Å². The molecule has 1 aliphatic heterocycles. The SMILES string of the molecule is COc1ccc(-c2ccccc2OC(C)C)c(C2=[N+](C)C(C)(C)CO2)c1. The van der Waals surface area contributed by atoms with Crippen LogP contribution >= 0.6 is 0 Å². The lowest BCUT2D eigenvalue weighted by molar-refractivity contribution is -0.562. The quantitative estimate of drug-likeness (QED) is 0.748. The zero-order valence-corrected chi connectivity index (χ0v) is 16.5. The molecule has 3 rings (SSSR count). The van der Waals surface area contributed by atoms with Gasteiger partial charge in [-0.2, -0.15) is 4.58 Å². The zero-order chi connectivity index (χ0) is 18.9. The summed E-state index contributed by atoms with van der Waals surface area (Å²) in [4.78, 5) is 0. The fourth-order valence-electron chi connectivity index (χ4n) is 3.08. The first-order valence-electron chi connectivity index (χ1n) is 9.01. The summed E-state index contributed by atoms with van der Waals surface area (Å²) < 4.78 is 19.8. The molecular formula is C22H28NO3+. The van der Waals surface area contributed by atoms with Crippen LogP contribution in [0.2, 0.25) is 0 Å². The maximum atomic E-state index is 6.10. The van der Waals surface area contributed by atoms with E-state index in [-0.39, 0.29) is 11.6 Å². The summed E-state index contributed by atoms with van der Waals surface area (Å²) in [5.74, 6) is 2.54. The van der Waals surface area contributed by atoms with E-state index in [1.165, 1.54) is 0 Å². The first-order valence-corrected chi connectivity index (χ1v) is 9.01. The molecule has 0 N–H and O–H groups in total. The van der Waals surface area contributed by atoms with Crippen molar-refractivity contribution < 1.29 is 18.8 Å². The molecule has 1 aliphatic rings. The maximum absolute atomic E-state index is 6.10. The van der Waals surface area contributed by atoms with Crippen molar-refractivity contribution in [3.05, 3.63) is 48.0 Å². The number of benzene rings is 2. The van der Waals surface area contributed by atoms with Crippen LogP contribution in [0.1, 0.15) is 33.3 Å². The fourth-order valence-corrected chi connectivity index (χ4v) is 3.08. The van der Waals surface area contributed by atoms with Gasteiger partial charge in [-0.25, -0.2) is 0 Å². The Hall–Kier alpha value is -2.49. The van der Waals surface area contributed by atoms with Gasteiger partial charge in [0.1, 0.15) is 18.5 Å². The lowest BCUT2D eigenvalue weighted by Gasteiger charge is -2.16. The molecule has 0 bridgehead atoms. The Labute approximate surface area is 156 Å². The van der Waals surface area contributed by atoms with Crippen LogP contribution in [0.3, 0.4) is 0 Å². The van der Waals surface area contributed by atoms with E-state index >= 15 is 0 Å². The number of ether oxygens (including phenoxy) is 3. The Balaban J connectivity index is 2.20. The normalized spacial score (nSPS) is 16.0. The topological polar surface area (TPSA) is 30.7 Å². The third-order valence-corrected chi connectivity index (χ3v) is 4.77. The maximum Gasteiger partial charge on any atom is 0.371 e. The van der Waals surface area contributed by atoms with Gasteiger partial charge in [-0.3, -0.25) is 0 Å². The Morgan fingerprint density at radius 1 is 1.04 bits per heavy atom. The lowest BCUT2D eigenvalue weighted by atomic mass is 9.98. The second-order valence-electron chi connectivity index (χ2n) is 7.54. The second kappa shape index (κ2) is 7.02. The van der Waals surface area contributed by atoms with Gasteiger partial charge in [-0.05, 0) is 38.1 Å². The molecule has 0 fully saturated rings. The zero-order valence-electron chi connectivity index (χ0n) is 16.5. The van der Waals surface area contributed by atoms with Crippen molar-refractivity contribution in [2.45, 2.75) is 39.3 Å². The molecule has 2 aromatic carbocycles. The molecule has 0 saturated carbocycles.